The molecule has 0 bridgehead atoms. The molecule has 0 aliphatic rings. The molecular formula is C17H18N4O2. The van der Waals surface area contributed by atoms with Crippen LogP contribution in [0.1, 0.15) is 36.5 Å². The van der Waals surface area contributed by atoms with Crippen LogP contribution in [0.5, 0.6) is 5.75 Å². The van der Waals surface area contributed by atoms with Crippen LogP contribution in [-0.4, -0.2) is 32.7 Å². The first-order valence-corrected chi connectivity index (χ1v) is 7.60. The molecule has 0 saturated carbocycles. The molecule has 0 unspecified atom stereocenters. The largest absolute Gasteiger partial charge is 0.497 e. The molecule has 0 atom stereocenters. The second kappa shape index (κ2) is 6.16. The zero-order chi connectivity index (χ0) is 16.4. The summed E-state index contributed by atoms with van der Waals surface area (Å²) in [4.78, 5) is 12.0. The number of methoxy groups -OCH3 is 1. The lowest BCUT2D eigenvalue weighted by Crippen LogP contribution is -2.12. The molecule has 23 heavy (non-hydrogen) atoms. The lowest BCUT2D eigenvalue weighted by atomic mass is 10.1. The number of aromatic nitrogens is 4. The van der Waals surface area contributed by atoms with Gasteiger partial charge in [-0.15, -0.1) is 10.2 Å². The normalized spacial score (nSPS) is 10.9. The summed E-state index contributed by atoms with van der Waals surface area (Å²) in [6.07, 6.45) is 1.07. The second-order valence-corrected chi connectivity index (χ2v) is 5.15. The topological polar surface area (TPSA) is 69.4 Å². The summed E-state index contributed by atoms with van der Waals surface area (Å²) in [6, 6.07) is 9.53. The van der Waals surface area contributed by atoms with Crippen LogP contribution in [0.3, 0.4) is 0 Å². The van der Waals surface area contributed by atoms with Crippen LogP contribution in [0.25, 0.3) is 16.9 Å². The number of carbonyl (C=O) groups is 1. The number of hydrogen-bond donors (Lipinski definition) is 0. The maximum atomic E-state index is 12.0. The Morgan fingerprint density at radius 3 is 2.52 bits per heavy atom. The van der Waals surface area contributed by atoms with Gasteiger partial charge < -0.3 is 4.74 Å². The van der Waals surface area contributed by atoms with Crippen molar-refractivity contribution < 1.29 is 9.53 Å². The van der Waals surface area contributed by atoms with Crippen molar-refractivity contribution in [1.82, 2.24) is 19.8 Å². The van der Waals surface area contributed by atoms with E-state index in [4.69, 9.17) is 4.74 Å². The van der Waals surface area contributed by atoms with Gasteiger partial charge in [-0.05, 0) is 30.7 Å². The van der Waals surface area contributed by atoms with E-state index in [0.717, 1.165) is 22.7 Å². The Morgan fingerprint density at radius 2 is 1.91 bits per heavy atom. The molecule has 2 heterocycles. The molecule has 3 rings (SSSR count). The van der Waals surface area contributed by atoms with E-state index >= 15 is 0 Å². The number of carbonyl (C=O) groups excluding carboxylic acids is 1. The maximum Gasteiger partial charge on any atom is 0.184 e. The Kier molecular flexibility index (Phi) is 4.06. The molecule has 0 fully saturated rings. The number of rotatable bonds is 5. The van der Waals surface area contributed by atoms with Gasteiger partial charge in [0, 0.05) is 18.1 Å². The predicted octanol–water partition coefficient (Wildman–Crippen LogP) is 2.96. The zero-order valence-corrected chi connectivity index (χ0v) is 13.4. The minimum absolute atomic E-state index is 0.0160. The summed E-state index contributed by atoms with van der Waals surface area (Å²) in [5.74, 6) is 0.778. The van der Waals surface area contributed by atoms with Crippen molar-refractivity contribution in [3.8, 4) is 17.0 Å². The molecule has 118 valence electrons. The molecule has 0 saturated heterocycles. The van der Waals surface area contributed by atoms with Gasteiger partial charge in [-0.2, -0.15) is 5.10 Å². The van der Waals surface area contributed by atoms with Crippen LogP contribution in [0.4, 0.5) is 0 Å². The van der Waals surface area contributed by atoms with E-state index in [9.17, 15) is 4.79 Å². The molecule has 6 heteroatoms. The SMILES string of the molecule is CCC(=O)c1nnc2cc(-c3ccc(OC)cc3)nn2c1CC. The third-order valence-electron chi connectivity index (χ3n) is 3.78. The van der Waals surface area contributed by atoms with Crippen molar-refractivity contribution in [2.75, 3.05) is 7.11 Å². The highest BCUT2D eigenvalue weighted by molar-refractivity contribution is 5.95. The van der Waals surface area contributed by atoms with E-state index in [0.29, 0.717) is 24.2 Å². The monoisotopic (exact) mass is 310 g/mol. The first-order valence-electron chi connectivity index (χ1n) is 7.60. The first-order chi connectivity index (χ1) is 11.2. The Labute approximate surface area is 134 Å². The Hall–Kier alpha value is -2.76. The fourth-order valence-corrected chi connectivity index (χ4v) is 2.50. The molecule has 0 spiro atoms. The second-order valence-electron chi connectivity index (χ2n) is 5.15. The lowest BCUT2D eigenvalue weighted by molar-refractivity contribution is 0.0980. The van der Waals surface area contributed by atoms with E-state index in [2.05, 4.69) is 15.3 Å². The molecular weight excluding hydrogens is 292 g/mol. The third kappa shape index (κ3) is 2.67. The van der Waals surface area contributed by atoms with Gasteiger partial charge in [0.15, 0.2) is 17.1 Å². The number of ketones is 1. The van der Waals surface area contributed by atoms with E-state index in [-0.39, 0.29) is 5.78 Å². The summed E-state index contributed by atoms with van der Waals surface area (Å²) >= 11 is 0. The molecule has 0 radical (unpaired) electrons. The van der Waals surface area contributed by atoms with Crippen LogP contribution in [0.2, 0.25) is 0 Å². The standard InChI is InChI=1S/C17H18N4O2/c1-4-14-17(15(22)5-2)19-18-16-10-13(20-21(14)16)11-6-8-12(23-3)9-7-11/h6-10H,4-5H2,1-3H3. The minimum atomic E-state index is -0.0160. The van der Waals surface area contributed by atoms with Gasteiger partial charge >= 0.3 is 0 Å². The number of ether oxygens (including phenoxy) is 1. The number of nitrogens with zero attached hydrogens (tertiary/aromatic N) is 4. The molecule has 0 N–H and O–H groups in total. The molecule has 6 nitrogen and oxygen atoms in total. The lowest BCUT2D eigenvalue weighted by Gasteiger charge is -2.05. The highest BCUT2D eigenvalue weighted by Gasteiger charge is 2.17. The van der Waals surface area contributed by atoms with E-state index in [1.165, 1.54) is 0 Å². The van der Waals surface area contributed by atoms with Crippen molar-refractivity contribution in [2.45, 2.75) is 26.7 Å². The number of Topliss-reactive ketones (excluding diaryl/α,β-unsaturated/α-hetero) is 1. The van der Waals surface area contributed by atoms with Crippen LogP contribution in [0, 0.1) is 0 Å². The zero-order valence-electron chi connectivity index (χ0n) is 13.4. The highest BCUT2D eigenvalue weighted by atomic mass is 16.5. The summed E-state index contributed by atoms with van der Waals surface area (Å²) in [7, 11) is 1.63. The average molecular weight is 310 g/mol. The van der Waals surface area contributed by atoms with Crippen molar-refractivity contribution in [1.29, 1.82) is 0 Å². The van der Waals surface area contributed by atoms with E-state index in [1.807, 2.05) is 44.2 Å². The fourth-order valence-electron chi connectivity index (χ4n) is 2.50. The van der Waals surface area contributed by atoms with Gasteiger partial charge in [0.2, 0.25) is 0 Å². The van der Waals surface area contributed by atoms with Crippen LogP contribution in [-0.2, 0) is 6.42 Å². The van der Waals surface area contributed by atoms with Crippen molar-refractivity contribution in [3.05, 3.63) is 41.7 Å². The van der Waals surface area contributed by atoms with Crippen molar-refractivity contribution in [3.63, 3.8) is 0 Å². The average Bonchev–Trinajstić information content (AvgIpc) is 3.04. The van der Waals surface area contributed by atoms with Gasteiger partial charge in [-0.1, -0.05) is 13.8 Å². The van der Waals surface area contributed by atoms with Gasteiger partial charge in [-0.25, -0.2) is 4.52 Å². The van der Waals surface area contributed by atoms with Gasteiger partial charge in [-0.3, -0.25) is 4.79 Å². The predicted molar refractivity (Wildman–Crippen MR) is 86.8 cm³/mol. The summed E-state index contributed by atoms with van der Waals surface area (Å²) in [5, 5.41) is 12.9. The smallest absolute Gasteiger partial charge is 0.184 e. The first kappa shape index (κ1) is 15.1. The fraction of sp³-hybridized carbons (Fsp3) is 0.294. The van der Waals surface area contributed by atoms with Crippen LogP contribution >= 0.6 is 0 Å². The molecule has 2 aromatic heterocycles. The van der Waals surface area contributed by atoms with E-state index in [1.54, 1.807) is 11.6 Å². The third-order valence-corrected chi connectivity index (χ3v) is 3.78. The molecule has 0 amide bonds. The van der Waals surface area contributed by atoms with Gasteiger partial charge in [0.1, 0.15) is 5.75 Å². The number of fused-ring (bicyclic) bond motifs is 1. The quantitative estimate of drug-likeness (QED) is 0.678. The van der Waals surface area contributed by atoms with Crippen molar-refractivity contribution in [2.24, 2.45) is 0 Å². The number of aryl methyl sites for hydroxylation is 1. The van der Waals surface area contributed by atoms with Crippen LogP contribution in [0.15, 0.2) is 30.3 Å². The molecule has 0 aliphatic carbocycles. The highest BCUT2D eigenvalue weighted by Crippen LogP contribution is 2.23. The van der Waals surface area contributed by atoms with Gasteiger partial charge in [0.05, 0.1) is 18.5 Å². The van der Waals surface area contributed by atoms with Gasteiger partial charge in [0.25, 0.3) is 0 Å². The minimum Gasteiger partial charge on any atom is -0.497 e. The molecule has 1 aromatic carbocycles. The Morgan fingerprint density at radius 1 is 1.17 bits per heavy atom. The summed E-state index contributed by atoms with van der Waals surface area (Å²) in [5.41, 5.74) is 3.59. The number of hydrogen-bond acceptors (Lipinski definition) is 5. The number of benzene rings is 1. The molecule has 0 aliphatic heterocycles. The van der Waals surface area contributed by atoms with Crippen LogP contribution < -0.4 is 4.74 Å². The Bertz CT molecular complexity index is 853. The summed E-state index contributed by atoms with van der Waals surface area (Å²) < 4.78 is 6.89. The maximum absolute atomic E-state index is 12.0. The molecule has 3 aromatic rings. The van der Waals surface area contributed by atoms with Crippen molar-refractivity contribution >= 4 is 11.4 Å². The van der Waals surface area contributed by atoms with E-state index < -0.39 is 0 Å². The Balaban J connectivity index is 2.12. The summed E-state index contributed by atoms with van der Waals surface area (Å²) in [6.45, 7) is 3.80.